The third kappa shape index (κ3) is 2.53. The summed E-state index contributed by atoms with van der Waals surface area (Å²) in [6.07, 6.45) is 5.41. The van der Waals surface area contributed by atoms with Crippen molar-refractivity contribution in [3.8, 4) is 0 Å². The summed E-state index contributed by atoms with van der Waals surface area (Å²) >= 11 is 0. The number of amidine groups is 1. The summed E-state index contributed by atoms with van der Waals surface area (Å²) in [5, 5.41) is 7.59. The molecule has 98 valence electrons. The van der Waals surface area contributed by atoms with E-state index in [2.05, 4.69) is 23.7 Å². The van der Waals surface area contributed by atoms with E-state index in [-0.39, 0.29) is 5.84 Å². The van der Waals surface area contributed by atoms with Gasteiger partial charge in [-0.05, 0) is 37.8 Å². The van der Waals surface area contributed by atoms with Crippen molar-refractivity contribution in [1.29, 1.82) is 5.41 Å². The number of nitrogens with two attached hydrogens (primary N) is 1. The maximum atomic E-state index is 7.59. The van der Waals surface area contributed by atoms with Gasteiger partial charge in [0.15, 0.2) is 0 Å². The monoisotopic (exact) mass is 246 g/mol. The highest BCUT2D eigenvalue weighted by Crippen LogP contribution is 2.28. The maximum Gasteiger partial charge on any atom is 0.142 e. The van der Waals surface area contributed by atoms with Gasteiger partial charge in [-0.2, -0.15) is 0 Å². The predicted molar refractivity (Wildman–Crippen MR) is 73.6 cm³/mol. The molecule has 0 saturated carbocycles. The fourth-order valence-corrected chi connectivity index (χ4v) is 2.85. The zero-order valence-corrected chi connectivity index (χ0v) is 11.2. The molecule has 0 aliphatic carbocycles. The summed E-state index contributed by atoms with van der Waals surface area (Å²) in [4.78, 5) is 6.74. The van der Waals surface area contributed by atoms with E-state index < -0.39 is 0 Å². The van der Waals surface area contributed by atoms with Crippen LogP contribution >= 0.6 is 0 Å². The molecule has 1 aliphatic heterocycles. The third-order valence-corrected chi connectivity index (χ3v) is 3.92. The Morgan fingerprint density at radius 3 is 3.00 bits per heavy atom. The van der Waals surface area contributed by atoms with Gasteiger partial charge in [-0.3, -0.25) is 15.3 Å². The first kappa shape index (κ1) is 13.0. The van der Waals surface area contributed by atoms with E-state index in [1.54, 1.807) is 6.20 Å². The van der Waals surface area contributed by atoms with Crippen LogP contribution in [0.4, 0.5) is 0 Å². The van der Waals surface area contributed by atoms with Crippen LogP contribution in [0.3, 0.4) is 0 Å². The van der Waals surface area contributed by atoms with E-state index in [1.165, 1.54) is 19.3 Å². The fourth-order valence-electron chi connectivity index (χ4n) is 2.85. The number of nitrogens with one attached hydrogen (secondary N) is 1. The lowest BCUT2D eigenvalue weighted by Crippen LogP contribution is -2.34. The second-order valence-corrected chi connectivity index (χ2v) is 5.09. The molecule has 18 heavy (non-hydrogen) atoms. The van der Waals surface area contributed by atoms with E-state index >= 15 is 0 Å². The van der Waals surface area contributed by atoms with Gasteiger partial charge in [0.05, 0.1) is 0 Å². The molecule has 2 atom stereocenters. The van der Waals surface area contributed by atoms with Crippen molar-refractivity contribution in [2.75, 3.05) is 0 Å². The first-order valence-electron chi connectivity index (χ1n) is 6.67. The lowest BCUT2D eigenvalue weighted by atomic mass is 10.1. The Labute approximate surface area is 109 Å². The van der Waals surface area contributed by atoms with Gasteiger partial charge in [0.2, 0.25) is 0 Å². The smallest absolute Gasteiger partial charge is 0.142 e. The average Bonchev–Trinajstić information content (AvgIpc) is 2.71. The molecule has 0 aromatic carbocycles. The molecule has 0 spiro atoms. The molecule has 0 bridgehead atoms. The van der Waals surface area contributed by atoms with Crippen LogP contribution in [-0.4, -0.2) is 27.8 Å². The first-order valence-corrected chi connectivity index (χ1v) is 6.67. The quantitative estimate of drug-likeness (QED) is 0.632. The summed E-state index contributed by atoms with van der Waals surface area (Å²) in [5.74, 6) is 0.0606. The second kappa shape index (κ2) is 5.48. The molecule has 1 aliphatic rings. The molecule has 3 N–H and O–H groups in total. The van der Waals surface area contributed by atoms with Gasteiger partial charge in [0.1, 0.15) is 11.5 Å². The summed E-state index contributed by atoms with van der Waals surface area (Å²) in [6, 6.07) is 5.21. The zero-order chi connectivity index (χ0) is 13.1. The molecule has 2 rings (SSSR count). The second-order valence-electron chi connectivity index (χ2n) is 5.09. The van der Waals surface area contributed by atoms with Gasteiger partial charge in [-0.25, -0.2) is 0 Å². The number of aromatic nitrogens is 1. The van der Waals surface area contributed by atoms with Crippen molar-refractivity contribution >= 4 is 5.84 Å². The molecule has 1 aromatic heterocycles. The van der Waals surface area contributed by atoms with Crippen LogP contribution in [0.25, 0.3) is 0 Å². The van der Waals surface area contributed by atoms with Crippen LogP contribution in [0.2, 0.25) is 0 Å². The molecule has 1 aromatic rings. The van der Waals surface area contributed by atoms with E-state index in [0.717, 1.165) is 12.1 Å². The van der Waals surface area contributed by atoms with Crippen molar-refractivity contribution in [1.82, 2.24) is 9.88 Å². The molecular formula is C14H22N4. The molecule has 1 fully saturated rings. The Bertz CT molecular complexity index is 430. The molecule has 1 saturated heterocycles. The minimum Gasteiger partial charge on any atom is -0.382 e. The minimum absolute atomic E-state index is 0.0606. The number of hydrogen-bond acceptors (Lipinski definition) is 3. The van der Waals surface area contributed by atoms with Crippen LogP contribution < -0.4 is 5.73 Å². The number of pyridine rings is 1. The van der Waals surface area contributed by atoms with Crippen molar-refractivity contribution in [2.24, 2.45) is 5.73 Å². The van der Waals surface area contributed by atoms with Crippen LogP contribution in [-0.2, 0) is 6.54 Å². The average molecular weight is 246 g/mol. The zero-order valence-electron chi connectivity index (χ0n) is 11.2. The minimum atomic E-state index is 0.0606. The standard InChI is InChI=1S/C14H22N4/c1-3-12-7-6-10(2)18(12)9-11-5-4-8-17-13(11)14(15)16/h4-5,8,10,12H,3,6-7,9H2,1-2H3,(H3,15,16). The van der Waals surface area contributed by atoms with Gasteiger partial charge in [0.25, 0.3) is 0 Å². The number of rotatable bonds is 4. The maximum absolute atomic E-state index is 7.59. The predicted octanol–water partition coefficient (Wildman–Crippen LogP) is 2.13. The van der Waals surface area contributed by atoms with Crippen molar-refractivity contribution in [3.05, 3.63) is 29.6 Å². The van der Waals surface area contributed by atoms with Crippen molar-refractivity contribution < 1.29 is 0 Å². The van der Waals surface area contributed by atoms with Crippen LogP contribution in [0.1, 0.15) is 44.4 Å². The van der Waals surface area contributed by atoms with Crippen molar-refractivity contribution in [3.63, 3.8) is 0 Å². The van der Waals surface area contributed by atoms with Gasteiger partial charge in [-0.15, -0.1) is 0 Å². The summed E-state index contributed by atoms with van der Waals surface area (Å²) in [7, 11) is 0. The van der Waals surface area contributed by atoms with Gasteiger partial charge in [-0.1, -0.05) is 13.0 Å². The van der Waals surface area contributed by atoms with Crippen molar-refractivity contribution in [2.45, 2.75) is 51.7 Å². The van der Waals surface area contributed by atoms with Crippen LogP contribution in [0.5, 0.6) is 0 Å². The lowest BCUT2D eigenvalue weighted by molar-refractivity contribution is 0.189. The summed E-state index contributed by atoms with van der Waals surface area (Å²) in [6.45, 7) is 5.37. The first-order chi connectivity index (χ1) is 8.63. The Morgan fingerprint density at radius 1 is 1.56 bits per heavy atom. The number of nitrogen functional groups attached to an aromatic ring is 1. The lowest BCUT2D eigenvalue weighted by Gasteiger charge is -2.28. The molecule has 2 heterocycles. The molecule has 0 radical (unpaired) electrons. The Kier molecular flexibility index (Phi) is 3.97. The van der Waals surface area contributed by atoms with Gasteiger partial charge < -0.3 is 5.73 Å². The molecule has 4 heteroatoms. The van der Waals surface area contributed by atoms with Gasteiger partial charge in [0, 0.05) is 24.8 Å². The molecule has 2 unspecified atom stereocenters. The Balaban J connectivity index is 2.20. The molecule has 4 nitrogen and oxygen atoms in total. The molecular weight excluding hydrogens is 224 g/mol. The van der Waals surface area contributed by atoms with E-state index in [0.29, 0.717) is 17.8 Å². The van der Waals surface area contributed by atoms with E-state index in [1.807, 2.05) is 12.1 Å². The largest absolute Gasteiger partial charge is 0.382 e. The van der Waals surface area contributed by atoms with Crippen LogP contribution in [0, 0.1) is 5.41 Å². The number of likely N-dealkylation sites (tertiary alicyclic amines) is 1. The van der Waals surface area contributed by atoms with E-state index in [4.69, 9.17) is 11.1 Å². The highest BCUT2D eigenvalue weighted by atomic mass is 15.2. The number of hydrogen-bond donors (Lipinski definition) is 2. The SMILES string of the molecule is CCC1CCC(C)N1Cc1cccnc1C(=N)N. The highest BCUT2D eigenvalue weighted by molar-refractivity contribution is 5.94. The summed E-state index contributed by atoms with van der Waals surface area (Å²) in [5.41, 5.74) is 7.29. The van der Waals surface area contributed by atoms with Crippen LogP contribution in [0.15, 0.2) is 18.3 Å². The normalized spacial score (nSPS) is 24.3. The summed E-state index contributed by atoms with van der Waals surface area (Å²) < 4.78 is 0. The topological polar surface area (TPSA) is 66.0 Å². The Morgan fingerprint density at radius 2 is 2.33 bits per heavy atom. The highest BCUT2D eigenvalue weighted by Gasteiger charge is 2.29. The van der Waals surface area contributed by atoms with E-state index in [9.17, 15) is 0 Å². The molecule has 0 amide bonds. The third-order valence-electron chi connectivity index (χ3n) is 3.92. The Hall–Kier alpha value is -1.42. The van der Waals surface area contributed by atoms with Gasteiger partial charge >= 0.3 is 0 Å². The fraction of sp³-hybridized carbons (Fsp3) is 0.571. The number of nitrogens with zero attached hydrogens (tertiary/aromatic N) is 2.